The van der Waals surface area contributed by atoms with Crippen LogP contribution in [-0.2, 0) is 4.79 Å². The molecule has 88 valence electrons. The second-order valence-electron chi connectivity index (χ2n) is 5.05. The van der Waals surface area contributed by atoms with Crippen molar-refractivity contribution in [3.8, 4) is 0 Å². The average molecular weight is 212 g/mol. The summed E-state index contributed by atoms with van der Waals surface area (Å²) in [6, 6.07) is 0.351. The molecule has 2 atom stereocenters. The average Bonchev–Trinajstić information content (AvgIpc) is 2.16. The van der Waals surface area contributed by atoms with Crippen LogP contribution < -0.4 is 5.32 Å². The first kappa shape index (κ1) is 12.5. The van der Waals surface area contributed by atoms with Crippen LogP contribution in [0.5, 0.6) is 0 Å². The Labute approximate surface area is 93.2 Å². The number of piperidine rings is 1. The van der Waals surface area contributed by atoms with Crippen LogP contribution in [0, 0.1) is 11.8 Å². The van der Waals surface area contributed by atoms with E-state index < -0.39 is 0 Å². The number of nitrogens with zero attached hydrogens (tertiary/aromatic N) is 1. The van der Waals surface area contributed by atoms with Gasteiger partial charge in [-0.05, 0) is 18.9 Å². The van der Waals surface area contributed by atoms with Crippen molar-refractivity contribution in [2.24, 2.45) is 11.8 Å². The van der Waals surface area contributed by atoms with Crippen molar-refractivity contribution in [1.29, 1.82) is 0 Å². The van der Waals surface area contributed by atoms with E-state index in [2.05, 4.69) is 24.1 Å². The molecule has 1 N–H and O–H groups in total. The van der Waals surface area contributed by atoms with Crippen molar-refractivity contribution in [2.45, 2.75) is 40.2 Å². The normalized spacial score (nSPS) is 28.1. The summed E-state index contributed by atoms with van der Waals surface area (Å²) in [7, 11) is 0. The summed E-state index contributed by atoms with van der Waals surface area (Å²) < 4.78 is 0. The summed E-state index contributed by atoms with van der Waals surface area (Å²) in [6.07, 6.45) is 1.12. The van der Waals surface area contributed by atoms with Gasteiger partial charge in [0.2, 0.25) is 5.91 Å². The van der Waals surface area contributed by atoms with Gasteiger partial charge < -0.3 is 10.2 Å². The van der Waals surface area contributed by atoms with Gasteiger partial charge in [0.25, 0.3) is 0 Å². The fourth-order valence-corrected chi connectivity index (χ4v) is 2.19. The van der Waals surface area contributed by atoms with E-state index >= 15 is 0 Å². The minimum atomic E-state index is 0.0947. The Bertz CT molecular complexity index is 216. The zero-order valence-electron chi connectivity index (χ0n) is 10.4. The Morgan fingerprint density at radius 3 is 2.67 bits per heavy atom. The van der Waals surface area contributed by atoms with E-state index in [1.807, 2.05) is 13.8 Å². The highest BCUT2D eigenvalue weighted by molar-refractivity contribution is 5.78. The third kappa shape index (κ3) is 3.82. The first-order valence-corrected chi connectivity index (χ1v) is 6.05. The van der Waals surface area contributed by atoms with Crippen LogP contribution in [0.1, 0.15) is 34.1 Å². The van der Waals surface area contributed by atoms with Crippen LogP contribution in [-0.4, -0.2) is 36.5 Å². The molecule has 0 spiro atoms. The molecule has 2 unspecified atom stereocenters. The van der Waals surface area contributed by atoms with Crippen LogP contribution in [0.25, 0.3) is 0 Å². The van der Waals surface area contributed by atoms with E-state index in [-0.39, 0.29) is 11.8 Å². The lowest BCUT2D eigenvalue weighted by molar-refractivity contribution is -0.125. The van der Waals surface area contributed by atoms with Gasteiger partial charge in [-0.25, -0.2) is 0 Å². The number of nitrogens with one attached hydrogen (secondary N) is 1. The van der Waals surface area contributed by atoms with Crippen molar-refractivity contribution in [3.05, 3.63) is 0 Å². The zero-order chi connectivity index (χ0) is 11.4. The molecule has 15 heavy (non-hydrogen) atoms. The summed E-state index contributed by atoms with van der Waals surface area (Å²) >= 11 is 0. The monoisotopic (exact) mass is 212 g/mol. The SMILES string of the molecule is CCN1CC(C)CC(NC(=O)C(C)C)C1. The number of hydrogen-bond donors (Lipinski definition) is 1. The van der Waals surface area contributed by atoms with Gasteiger partial charge in [0, 0.05) is 25.0 Å². The summed E-state index contributed by atoms with van der Waals surface area (Å²) in [4.78, 5) is 14.0. The van der Waals surface area contributed by atoms with Crippen LogP contribution in [0.15, 0.2) is 0 Å². The van der Waals surface area contributed by atoms with Crippen molar-refractivity contribution in [3.63, 3.8) is 0 Å². The van der Waals surface area contributed by atoms with E-state index in [4.69, 9.17) is 0 Å². The molecule has 0 aromatic carbocycles. The Hall–Kier alpha value is -0.570. The molecule has 1 amide bonds. The highest BCUT2D eigenvalue weighted by Crippen LogP contribution is 2.16. The van der Waals surface area contributed by atoms with Gasteiger partial charge in [-0.2, -0.15) is 0 Å². The van der Waals surface area contributed by atoms with E-state index in [1.165, 1.54) is 6.54 Å². The minimum Gasteiger partial charge on any atom is -0.352 e. The number of amides is 1. The summed E-state index contributed by atoms with van der Waals surface area (Å²) in [5.74, 6) is 0.971. The van der Waals surface area contributed by atoms with Crippen molar-refractivity contribution in [2.75, 3.05) is 19.6 Å². The fraction of sp³-hybridized carbons (Fsp3) is 0.917. The maximum Gasteiger partial charge on any atom is 0.222 e. The van der Waals surface area contributed by atoms with Gasteiger partial charge in [0.05, 0.1) is 0 Å². The molecule has 1 saturated heterocycles. The number of hydrogen-bond acceptors (Lipinski definition) is 2. The van der Waals surface area contributed by atoms with Gasteiger partial charge in [0.15, 0.2) is 0 Å². The Kier molecular flexibility index (Phi) is 4.58. The molecule has 3 nitrogen and oxygen atoms in total. The first-order valence-electron chi connectivity index (χ1n) is 6.05. The predicted octanol–water partition coefficient (Wildman–Crippen LogP) is 1.49. The molecule has 0 aromatic rings. The first-order chi connectivity index (χ1) is 7.02. The van der Waals surface area contributed by atoms with Gasteiger partial charge in [-0.3, -0.25) is 4.79 Å². The number of carbonyl (C=O) groups is 1. The Morgan fingerprint density at radius 2 is 2.13 bits per heavy atom. The number of likely N-dealkylation sites (tertiary alicyclic amines) is 1. The lowest BCUT2D eigenvalue weighted by Gasteiger charge is -2.36. The maximum atomic E-state index is 11.6. The van der Waals surface area contributed by atoms with Gasteiger partial charge >= 0.3 is 0 Å². The molecule has 1 aliphatic rings. The molecule has 0 bridgehead atoms. The molecular formula is C12H24N2O. The molecule has 0 aliphatic carbocycles. The van der Waals surface area contributed by atoms with Gasteiger partial charge in [-0.1, -0.05) is 27.7 Å². The van der Waals surface area contributed by atoms with Crippen molar-refractivity contribution >= 4 is 5.91 Å². The smallest absolute Gasteiger partial charge is 0.222 e. The number of likely N-dealkylation sites (N-methyl/N-ethyl adjacent to an activating group) is 1. The quantitative estimate of drug-likeness (QED) is 0.768. The second kappa shape index (κ2) is 5.50. The lowest BCUT2D eigenvalue weighted by atomic mass is 9.95. The third-order valence-corrected chi connectivity index (χ3v) is 3.05. The Morgan fingerprint density at radius 1 is 1.47 bits per heavy atom. The van der Waals surface area contributed by atoms with Gasteiger partial charge in [-0.15, -0.1) is 0 Å². The van der Waals surface area contributed by atoms with Crippen LogP contribution in [0.4, 0.5) is 0 Å². The van der Waals surface area contributed by atoms with E-state index in [1.54, 1.807) is 0 Å². The maximum absolute atomic E-state index is 11.6. The molecule has 1 rings (SSSR count). The number of carbonyl (C=O) groups excluding carboxylic acids is 1. The summed E-state index contributed by atoms with van der Waals surface area (Å²) in [6.45, 7) is 11.6. The van der Waals surface area contributed by atoms with Crippen LogP contribution in [0.3, 0.4) is 0 Å². The molecular weight excluding hydrogens is 188 g/mol. The largest absolute Gasteiger partial charge is 0.352 e. The predicted molar refractivity (Wildman–Crippen MR) is 62.7 cm³/mol. The summed E-state index contributed by atoms with van der Waals surface area (Å²) in [5, 5.41) is 3.13. The molecule has 0 aromatic heterocycles. The third-order valence-electron chi connectivity index (χ3n) is 3.05. The summed E-state index contributed by atoms with van der Waals surface area (Å²) in [5.41, 5.74) is 0. The Balaban J connectivity index is 2.44. The number of rotatable bonds is 3. The molecule has 0 radical (unpaired) electrons. The van der Waals surface area contributed by atoms with Crippen LogP contribution in [0.2, 0.25) is 0 Å². The van der Waals surface area contributed by atoms with E-state index in [9.17, 15) is 4.79 Å². The lowest BCUT2D eigenvalue weighted by Crippen LogP contribution is -2.50. The molecule has 3 heteroatoms. The standard InChI is InChI=1S/C12H24N2O/c1-5-14-7-10(4)6-11(8-14)13-12(15)9(2)3/h9-11H,5-8H2,1-4H3,(H,13,15). The minimum absolute atomic E-state index is 0.0947. The van der Waals surface area contributed by atoms with Crippen molar-refractivity contribution < 1.29 is 4.79 Å². The van der Waals surface area contributed by atoms with Gasteiger partial charge in [0.1, 0.15) is 0 Å². The van der Waals surface area contributed by atoms with Crippen molar-refractivity contribution in [1.82, 2.24) is 10.2 Å². The molecule has 1 heterocycles. The molecule has 0 saturated carbocycles. The van der Waals surface area contributed by atoms with Crippen LogP contribution >= 0.6 is 0 Å². The van der Waals surface area contributed by atoms with E-state index in [0.717, 1.165) is 19.5 Å². The highest BCUT2D eigenvalue weighted by Gasteiger charge is 2.25. The topological polar surface area (TPSA) is 32.3 Å². The molecule has 1 aliphatic heterocycles. The molecule has 1 fully saturated rings. The highest BCUT2D eigenvalue weighted by atomic mass is 16.1. The zero-order valence-corrected chi connectivity index (χ0v) is 10.4. The second-order valence-corrected chi connectivity index (χ2v) is 5.05. The van der Waals surface area contributed by atoms with E-state index in [0.29, 0.717) is 12.0 Å². The fourth-order valence-electron chi connectivity index (χ4n) is 2.19.